The summed E-state index contributed by atoms with van der Waals surface area (Å²) in [6.45, 7) is 0.382. The maximum absolute atomic E-state index is 12.7. The number of nitrogens with zero attached hydrogens (tertiary/aromatic N) is 3. The molecule has 4 rings (SSSR count). The molecule has 0 unspecified atom stereocenters. The van der Waals surface area contributed by atoms with Crippen molar-refractivity contribution < 1.29 is 27.9 Å². The average molecular weight is 561 g/mol. The summed E-state index contributed by atoms with van der Waals surface area (Å²) in [6.07, 6.45) is -0.208. The molecular formula is C27H31F3N6O4. The van der Waals surface area contributed by atoms with E-state index in [0.29, 0.717) is 6.54 Å². The fraction of sp³-hybridized carbons (Fsp3) is 0.407. The molecule has 0 bridgehead atoms. The van der Waals surface area contributed by atoms with Gasteiger partial charge in [-0.05, 0) is 43.2 Å². The molecule has 0 aliphatic heterocycles. The SMILES string of the molecule is O=[N+]([O-])c1cnc(NCc2ccccc2OC(F)(F)F)nc1NC[C@H]1CC[C@H](N[C@H](CO)c2ccccc2)CC1. The van der Waals surface area contributed by atoms with Crippen molar-refractivity contribution in [2.45, 2.75) is 50.7 Å². The van der Waals surface area contributed by atoms with Crippen LogP contribution in [0.5, 0.6) is 5.75 Å². The maximum atomic E-state index is 12.7. The molecule has 1 aliphatic carbocycles. The topological polar surface area (TPSA) is 134 Å². The fourth-order valence-corrected chi connectivity index (χ4v) is 4.77. The van der Waals surface area contributed by atoms with Gasteiger partial charge in [0.2, 0.25) is 11.8 Å². The Bertz CT molecular complexity index is 1260. The molecule has 4 N–H and O–H groups in total. The highest BCUT2D eigenvalue weighted by Gasteiger charge is 2.32. The first-order chi connectivity index (χ1) is 19.2. The Morgan fingerprint density at radius 3 is 2.42 bits per heavy atom. The second kappa shape index (κ2) is 13.4. The largest absolute Gasteiger partial charge is 0.573 e. The standard InChI is InChI=1S/C27H31F3N6O4/c28-27(29,30)40-24-9-5-4-8-20(24)15-32-26-33-16-23(36(38)39)25(35-26)31-14-18-10-12-21(13-11-18)34-22(17-37)19-6-2-1-3-7-19/h1-9,16,18,21-22,34,37H,10-15,17H2,(H2,31,32,33,35)/t18-,21-,22-/m1/s1. The van der Waals surface area contributed by atoms with Crippen molar-refractivity contribution in [2.24, 2.45) is 5.92 Å². The van der Waals surface area contributed by atoms with Gasteiger partial charge in [0.15, 0.2) is 0 Å². The predicted molar refractivity (Wildman–Crippen MR) is 143 cm³/mol. The highest BCUT2D eigenvalue weighted by Crippen LogP contribution is 2.30. The van der Waals surface area contributed by atoms with Crippen molar-refractivity contribution in [1.29, 1.82) is 0 Å². The van der Waals surface area contributed by atoms with Crippen molar-refractivity contribution in [3.8, 4) is 5.75 Å². The summed E-state index contributed by atoms with van der Waals surface area (Å²) in [5.41, 5.74) is 0.957. The number of rotatable bonds is 12. The van der Waals surface area contributed by atoms with E-state index in [9.17, 15) is 28.4 Å². The van der Waals surface area contributed by atoms with Crippen LogP contribution in [0, 0.1) is 16.0 Å². The van der Waals surface area contributed by atoms with Gasteiger partial charge in [0, 0.05) is 24.7 Å². The van der Waals surface area contributed by atoms with E-state index in [-0.39, 0.29) is 59.9 Å². The van der Waals surface area contributed by atoms with E-state index in [1.165, 1.54) is 18.2 Å². The molecule has 1 fully saturated rings. The first kappa shape index (κ1) is 29.0. The number of halogens is 3. The number of benzene rings is 2. The van der Waals surface area contributed by atoms with Crippen molar-refractivity contribution in [3.63, 3.8) is 0 Å². The molecule has 0 amide bonds. The van der Waals surface area contributed by atoms with Gasteiger partial charge in [-0.15, -0.1) is 13.2 Å². The number of para-hydroxylation sites is 1. The second-order valence-corrected chi connectivity index (χ2v) is 9.60. The smallest absolute Gasteiger partial charge is 0.405 e. The summed E-state index contributed by atoms with van der Waals surface area (Å²) < 4.78 is 42.2. The van der Waals surface area contributed by atoms with Gasteiger partial charge in [0.05, 0.1) is 17.6 Å². The summed E-state index contributed by atoms with van der Waals surface area (Å²) in [6, 6.07) is 15.6. The number of hydrogen-bond acceptors (Lipinski definition) is 9. The number of aromatic nitrogens is 2. The lowest BCUT2D eigenvalue weighted by Crippen LogP contribution is -2.38. The summed E-state index contributed by atoms with van der Waals surface area (Å²) in [4.78, 5) is 19.1. The summed E-state index contributed by atoms with van der Waals surface area (Å²) in [5, 5.41) is 30.8. The maximum Gasteiger partial charge on any atom is 0.573 e. The van der Waals surface area contributed by atoms with Crippen LogP contribution in [0.15, 0.2) is 60.8 Å². The lowest BCUT2D eigenvalue weighted by molar-refractivity contribution is -0.384. The molecule has 0 spiro atoms. The molecule has 2 aromatic carbocycles. The van der Waals surface area contributed by atoms with E-state index < -0.39 is 11.3 Å². The van der Waals surface area contributed by atoms with Crippen LogP contribution in [0.4, 0.5) is 30.6 Å². The van der Waals surface area contributed by atoms with Crippen molar-refractivity contribution in [1.82, 2.24) is 15.3 Å². The number of alkyl halides is 3. The summed E-state index contributed by atoms with van der Waals surface area (Å²) in [5.74, 6) is -0.0348. The lowest BCUT2D eigenvalue weighted by Gasteiger charge is -2.32. The van der Waals surface area contributed by atoms with E-state index in [1.807, 2.05) is 30.3 Å². The molecule has 1 atom stereocenters. The third kappa shape index (κ3) is 8.26. The van der Waals surface area contributed by atoms with E-state index >= 15 is 0 Å². The Morgan fingerprint density at radius 1 is 1.05 bits per heavy atom. The summed E-state index contributed by atoms with van der Waals surface area (Å²) in [7, 11) is 0. The van der Waals surface area contributed by atoms with Gasteiger partial charge in [-0.2, -0.15) is 4.98 Å². The molecular weight excluding hydrogens is 529 g/mol. The predicted octanol–water partition coefficient (Wildman–Crippen LogP) is 5.19. The number of anilines is 2. The van der Waals surface area contributed by atoms with Crippen LogP contribution >= 0.6 is 0 Å². The van der Waals surface area contributed by atoms with Crippen LogP contribution in [0.3, 0.4) is 0 Å². The first-order valence-corrected chi connectivity index (χ1v) is 13.0. The average Bonchev–Trinajstić information content (AvgIpc) is 2.94. The van der Waals surface area contributed by atoms with E-state index in [0.717, 1.165) is 37.4 Å². The molecule has 1 aromatic heterocycles. The zero-order valence-corrected chi connectivity index (χ0v) is 21.6. The number of nitro groups is 1. The third-order valence-corrected chi connectivity index (χ3v) is 6.83. The molecule has 0 saturated heterocycles. The first-order valence-electron chi connectivity index (χ1n) is 13.0. The Labute approximate surface area is 229 Å². The van der Waals surface area contributed by atoms with Crippen LogP contribution in [0.25, 0.3) is 0 Å². The molecule has 1 aliphatic rings. The molecule has 3 aromatic rings. The van der Waals surface area contributed by atoms with Gasteiger partial charge in [0.25, 0.3) is 0 Å². The van der Waals surface area contributed by atoms with Gasteiger partial charge in [-0.25, -0.2) is 4.98 Å². The zero-order chi connectivity index (χ0) is 28.5. The van der Waals surface area contributed by atoms with E-state index in [4.69, 9.17) is 0 Å². The van der Waals surface area contributed by atoms with Crippen LogP contribution in [0.2, 0.25) is 0 Å². The molecule has 40 heavy (non-hydrogen) atoms. The zero-order valence-electron chi connectivity index (χ0n) is 21.6. The Hall–Kier alpha value is -3.97. The lowest BCUT2D eigenvalue weighted by atomic mass is 9.85. The minimum Gasteiger partial charge on any atom is -0.405 e. The molecule has 0 radical (unpaired) electrons. The van der Waals surface area contributed by atoms with Crippen molar-refractivity contribution >= 4 is 17.5 Å². The molecule has 214 valence electrons. The highest BCUT2D eigenvalue weighted by atomic mass is 19.4. The molecule has 13 heteroatoms. The van der Waals surface area contributed by atoms with Gasteiger partial charge < -0.3 is 25.8 Å². The Kier molecular flexibility index (Phi) is 9.72. The van der Waals surface area contributed by atoms with Gasteiger partial charge in [-0.3, -0.25) is 10.1 Å². The fourth-order valence-electron chi connectivity index (χ4n) is 4.77. The number of hydrogen-bond donors (Lipinski definition) is 4. The Morgan fingerprint density at radius 2 is 1.75 bits per heavy atom. The minimum absolute atomic E-state index is 0.000182. The third-order valence-electron chi connectivity index (χ3n) is 6.83. The van der Waals surface area contributed by atoms with Gasteiger partial charge in [-0.1, -0.05) is 48.5 Å². The Balaban J connectivity index is 1.33. The quantitative estimate of drug-likeness (QED) is 0.174. The number of nitrogens with one attached hydrogen (secondary N) is 3. The van der Waals surface area contributed by atoms with Crippen LogP contribution < -0.4 is 20.7 Å². The highest BCUT2D eigenvalue weighted by molar-refractivity contribution is 5.57. The second-order valence-electron chi connectivity index (χ2n) is 9.60. The van der Waals surface area contributed by atoms with Crippen LogP contribution in [-0.4, -0.2) is 45.6 Å². The van der Waals surface area contributed by atoms with Crippen molar-refractivity contribution in [3.05, 3.63) is 82.0 Å². The molecule has 1 heterocycles. The summed E-state index contributed by atoms with van der Waals surface area (Å²) >= 11 is 0. The minimum atomic E-state index is -4.84. The number of ether oxygens (including phenoxy) is 1. The normalized spacial score (nSPS) is 18.1. The van der Waals surface area contributed by atoms with Gasteiger partial charge in [0.1, 0.15) is 11.9 Å². The van der Waals surface area contributed by atoms with E-state index in [2.05, 4.69) is 30.7 Å². The van der Waals surface area contributed by atoms with E-state index in [1.54, 1.807) is 6.07 Å². The monoisotopic (exact) mass is 560 g/mol. The number of aliphatic hydroxyl groups is 1. The van der Waals surface area contributed by atoms with Crippen LogP contribution in [-0.2, 0) is 6.54 Å². The van der Waals surface area contributed by atoms with Crippen molar-refractivity contribution in [2.75, 3.05) is 23.8 Å². The number of aliphatic hydroxyl groups excluding tert-OH is 1. The molecule has 10 nitrogen and oxygen atoms in total. The van der Waals surface area contributed by atoms with Gasteiger partial charge >= 0.3 is 12.0 Å². The molecule has 1 saturated carbocycles. The van der Waals surface area contributed by atoms with Crippen LogP contribution in [0.1, 0.15) is 42.9 Å².